The lowest BCUT2D eigenvalue weighted by Crippen LogP contribution is -3.09. The van der Waals surface area contributed by atoms with E-state index in [1.165, 1.54) is 38.8 Å². The second-order valence-electron chi connectivity index (χ2n) is 6.94. The third-order valence-electron chi connectivity index (χ3n) is 5.44. The molecule has 23 heavy (non-hydrogen) atoms. The lowest BCUT2D eigenvalue weighted by molar-refractivity contribution is -0.879. The van der Waals surface area contributed by atoms with Crippen molar-refractivity contribution in [2.75, 3.05) is 19.6 Å². The van der Waals surface area contributed by atoms with Gasteiger partial charge >= 0.3 is 0 Å². The summed E-state index contributed by atoms with van der Waals surface area (Å²) in [4.78, 5) is 1.61. The van der Waals surface area contributed by atoms with Crippen LogP contribution < -0.4 is 17.3 Å². The molecule has 1 aliphatic carbocycles. The van der Waals surface area contributed by atoms with E-state index in [2.05, 4.69) is 24.0 Å². The maximum atomic E-state index is 11.4. The molecule has 2 aliphatic rings. The first-order valence-corrected chi connectivity index (χ1v) is 8.86. The Hall–Kier alpha value is -1.01. The molecule has 1 saturated carbocycles. The van der Waals surface area contributed by atoms with Crippen molar-refractivity contribution in [1.29, 1.82) is 0 Å². The number of halogens is 1. The van der Waals surface area contributed by atoms with Crippen LogP contribution in [0.25, 0.3) is 0 Å². The first-order valence-electron chi connectivity index (χ1n) is 8.86. The summed E-state index contributed by atoms with van der Waals surface area (Å²) in [6, 6.07) is 10.2. The van der Waals surface area contributed by atoms with Crippen molar-refractivity contribution < 1.29 is 22.4 Å². The molecule has 2 nitrogen and oxygen atoms in total. The van der Waals surface area contributed by atoms with Crippen LogP contribution in [0.5, 0.6) is 0 Å². The summed E-state index contributed by atoms with van der Waals surface area (Å²) in [6.45, 7) is 3.47. The summed E-state index contributed by atoms with van der Waals surface area (Å²) < 4.78 is 0. The Morgan fingerprint density at radius 3 is 2.30 bits per heavy atom. The summed E-state index contributed by atoms with van der Waals surface area (Å²) in [7, 11) is 0. The van der Waals surface area contributed by atoms with E-state index in [1.807, 2.05) is 18.2 Å². The zero-order valence-electron chi connectivity index (χ0n) is 13.9. The molecule has 1 heterocycles. The van der Waals surface area contributed by atoms with Gasteiger partial charge in [-0.15, -0.1) is 0 Å². The first kappa shape index (κ1) is 18.3. The number of nitrogens with one attached hydrogen (secondary N) is 1. The van der Waals surface area contributed by atoms with E-state index < -0.39 is 5.60 Å². The molecule has 1 aromatic carbocycles. The van der Waals surface area contributed by atoms with Crippen LogP contribution >= 0.6 is 0 Å². The van der Waals surface area contributed by atoms with Crippen LogP contribution in [-0.2, 0) is 5.60 Å². The first-order chi connectivity index (χ1) is 10.8. The Morgan fingerprint density at radius 1 is 1.00 bits per heavy atom. The van der Waals surface area contributed by atoms with Crippen LogP contribution in [0.4, 0.5) is 0 Å². The van der Waals surface area contributed by atoms with Gasteiger partial charge in [0.1, 0.15) is 12.1 Å². The van der Waals surface area contributed by atoms with Crippen LogP contribution in [0.2, 0.25) is 0 Å². The quantitative estimate of drug-likeness (QED) is 0.689. The molecular formula is C20H28ClNO. The van der Waals surface area contributed by atoms with Crippen LogP contribution in [-0.4, -0.2) is 24.7 Å². The molecule has 0 radical (unpaired) electrons. The van der Waals surface area contributed by atoms with Crippen LogP contribution in [0.3, 0.4) is 0 Å². The van der Waals surface area contributed by atoms with Gasteiger partial charge in [0.15, 0.2) is 0 Å². The van der Waals surface area contributed by atoms with E-state index in [0.29, 0.717) is 12.3 Å². The van der Waals surface area contributed by atoms with E-state index in [4.69, 9.17) is 0 Å². The molecule has 1 atom stereocenters. The Morgan fingerprint density at radius 2 is 1.65 bits per heavy atom. The molecule has 1 aliphatic heterocycles. The number of quaternary nitrogens is 1. The Kier molecular flexibility index (Phi) is 6.96. The average molecular weight is 334 g/mol. The molecule has 1 aromatic rings. The van der Waals surface area contributed by atoms with Gasteiger partial charge in [-0.25, -0.2) is 0 Å². The van der Waals surface area contributed by atoms with Crippen molar-refractivity contribution in [2.45, 2.75) is 50.5 Å². The fraction of sp³-hybridized carbons (Fsp3) is 0.600. The lowest BCUT2D eigenvalue weighted by Gasteiger charge is -2.33. The van der Waals surface area contributed by atoms with E-state index in [0.717, 1.165) is 24.9 Å². The molecule has 2 N–H and O–H groups in total. The van der Waals surface area contributed by atoms with E-state index in [9.17, 15) is 5.11 Å². The Labute approximate surface area is 146 Å². The average Bonchev–Trinajstić information content (AvgIpc) is 3.25. The highest BCUT2D eigenvalue weighted by Gasteiger charge is 2.39. The van der Waals surface area contributed by atoms with Crippen molar-refractivity contribution in [2.24, 2.45) is 5.92 Å². The van der Waals surface area contributed by atoms with Gasteiger partial charge in [-0.3, -0.25) is 0 Å². The Balaban J connectivity index is 0.00000192. The number of aliphatic hydroxyl groups is 1. The van der Waals surface area contributed by atoms with Crippen molar-refractivity contribution in [3.63, 3.8) is 0 Å². The van der Waals surface area contributed by atoms with Crippen LogP contribution in [0, 0.1) is 17.8 Å². The van der Waals surface area contributed by atoms with Gasteiger partial charge in [-0.2, -0.15) is 0 Å². The maximum Gasteiger partial charge on any atom is 0.139 e. The summed E-state index contributed by atoms with van der Waals surface area (Å²) >= 11 is 0. The zero-order chi connectivity index (χ0) is 15.3. The molecule has 0 spiro atoms. The molecule has 1 saturated heterocycles. The number of benzene rings is 1. The van der Waals surface area contributed by atoms with Gasteiger partial charge in [0, 0.05) is 19.3 Å². The van der Waals surface area contributed by atoms with Crippen LogP contribution in [0.1, 0.15) is 50.5 Å². The standard InChI is InChI=1S/C20H27NO.ClH/c22-20(19-12-4-5-13-19,18-10-2-1-3-11-18)14-6-7-15-21-16-8-9-17-21;/h1-3,10-11,19,22H,4-5,8-9,12-17H2;1H. The monoisotopic (exact) mass is 333 g/mol. The normalized spacial score (nSPS) is 21.3. The second kappa shape index (κ2) is 8.73. The number of likely N-dealkylation sites (tertiary alicyclic amines) is 1. The van der Waals surface area contributed by atoms with Gasteiger partial charge in [0.25, 0.3) is 0 Å². The highest BCUT2D eigenvalue weighted by Crippen LogP contribution is 2.42. The Bertz CT molecular complexity index is 524. The molecular weight excluding hydrogens is 306 g/mol. The smallest absolute Gasteiger partial charge is 0.139 e. The van der Waals surface area contributed by atoms with Crippen molar-refractivity contribution in [3.8, 4) is 11.8 Å². The van der Waals surface area contributed by atoms with E-state index in [1.54, 1.807) is 4.90 Å². The molecule has 126 valence electrons. The third-order valence-corrected chi connectivity index (χ3v) is 5.44. The zero-order valence-corrected chi connectivity index (χ0v) is 14.6. The molecule has 3 rings (SSSR count). The highest BCUT2D eigenvalue weighted by atomic mass is 35.5. The molecule has 1 unspecified atom stereocenters. The molecule has 0 amide bonds. The number of hydrogen-bond donors (Lipinski definition) is 2. The number of hydrogen-bond acceptors (Lipinski definition) is 1. The van der Waals surface area contributed by atoms with Gasteiger partial charge in [0.05, 0.1) is 13.1 Å². The SMILES string of the molecule is OC(CC#CC[NH+]1CCCC1)(c1ccccc1)C1CCCC1.[Cl-]. The fourth-order valence-electron chi connectivity index (χ4n) is 4.05. The van der Waals surface area contributed by atoms with Crippen molar-refractivity contribution in [1.82, 2.24) is 0 Å². The predicted octanol–water partition coefficient (Wildman–Crippen LogP) is -0.859. The molecule has 3 heteroatoms. The van der Waals surface area contributed by atoms with Crippen molar-refractivity contribution in [3.05, 3.63) is 35.9 Å². The summed E-state index contributed by atoms with van der Waals surface area (Å²) in [5, 5.41) is 11.4. The van der Waals surface area contributed by atoms with Crippen LogP contribution in [0.15, 0.2) is 30.3 Å². The third kappa shape index (κ3) is 4.51. The topological polar surface area (TPSA) is 24.7 Å². The molecule has 2 fully saturated rings. The molecule has 0 bridgehead atoms. The highest BCUT2D eigenvalue weighted by molar-refractivity contribution is 5.26. The minimum atomic E-state index is -0.759. The minimum absolute atomic E-state index is 0. The predicted molar refractivity (Wildman–Crippen MR) is 89.5 cm³/mol. The summed E-state index contributed by atoms with van der Waals surface area (Å²) in [5.41, 5.74) is 0.287. The van der Waals surface area contributed by atoms with Crippen molar-refractivity contribution >= 4 is 0 Å². The van der Waals surface area contributed by atoms with Gasteiger partial charge < -0.3 is 22.4 Å². The summed E-state index contributed by atoms with van der Waals surface area (Å²) in [6.07, 6.45) is 8.00. The van der Waals surface area contributed by atoms with E-state index in [-0.39, 0.29) is 12.4 Å². The maximum absolute atomic E-state index is 11.4. The largest absolute Gasteiger partial charge is 1.00 e. The lowest BCUT2D eigenvalue weighted by atomic mass is 9.78. The minimum Gasteiger partial charge on any atom is -1.00 e. The van der Waals surface area contributed by atoms with Gasteiger partial charge in [-0.05, 0) is 30.2 Å². The fourth-order valence-corrected chi connectivity index (χ4v) is 4.05. The van der Waals surface area contributed by atoms with E-state index >= 15 is 0 Å². The second-order valence-corrected chi connectivity index (χ2v) is 6.94. The number of rotatable bonds is 4. The van der Waals surface area contributed by atoms with Gasteiger partial charge in [-0.1, -0.05) is 49.1 Å². The van der Waals surface area contributed by atoms with Gasteiger partial charge in [0.2, 0.25) is 0 Å². The summed E-state index contributed by atoms with van der Waals surface area (Å²) in [5.74, 6) is 7.00. The molecule has 0 aromatic heterocycles.